The van der Waals surface area contributed by atoms with Crippen LogP contribution in [0.5, 0.6) is 0 Å². The van der Waals surface area contributed by atoms with Crippen molar-refractivity contribution < 1.29 is 4.79 Å². The van der Waals surface area contributed by atoms with E-state index in [0.29, 0.717) is 11.4 Å². The van der Waals surface area contributed by atoms with Crippen molar-refractivity contribution in [2.75, 3.05) is 5.32 Å². The molecule has 0 radical (unpaired) electrons. The second-order valence-electron chi connectivity index (χ2n) is 9.44. The van der Waals surface area contributed by atoms with E-state index in [9.17, 15) is 9.59 Å². The van der Waals surface area contributed by atoms with Crippen LogP contribution in [-0.2, 0) is 15.7 Å². The Morgan fingerprint density at radius 1 is 1.00 bits per heavy atom. The Kier molecular flexibility index (Phi) is 5.18. The molecule has 0 aliphatic carbocycles. The number of carbonyl (C=O) groups is 1. The number of rotatable bonds is 3. The van der Waals surface area contributed by atoms with Crippen molar-refractivity contribution in [3.63, 3.8) is 0 Å². The molecule has 0 saturated heterocycles. The Bertz CT molecular complexity index is 1460. The highest BCUT2D eigenvalue weighted by Gasteiger charge is 2.33. The number of carbonyl (C=O) groups excluding carboxylic acids is 1. The molecule has 3 aromatic carbocycles. The van der Waals surface area contributed by atoms with Crippen LogP contribution in [-0.4, -0.2) is 10.5 Å². The lowest BCUT2D eigenvalue weighted by Gasteiger charge is -2.26. The molecule has 0 spiro atoms. The third kappa shape index (κ3) is 3.59. The van der Waals surface area contributed by atoms with Crippen molar-refractivity contribution in [3.8, 4) is 0 Å². The fourth-order valence-electron chi connectivity index (χ4n) is 3.88. The minimum atomic E-state index is -1.11. The summed E-state index contributed by atoms with van der Waals surface area (Å²) in [7, 11) is 0. The molecular formula is C26H25N3O2S. The summed E-state index contributed by atoms with van der Waals surface area (Å²) in [4.78, 5) is 29.8. The first-order chi connectivity index (χ1) is 15.0. The van der Waals surface area contributed by atoms with Gasteiger partial charge in [-0.3, -0.25) is 14.2 Å². The van der Waals surface area contributed by atoms with Gasteiger partial charge in [-0.05, 0) is 53.8 Å². The van der Waals surface area contributed by atoms with Gasteiger partial charge >= 0.3 is 4.87 Å². The molecule has 0 unspecified atom stereocenters. The number of benzene rings is 3. The number of anilines is 1. The number of hydrogen-bond acceptors (Lipinski definition) is 3. The zero-order valence-corrected chi connectivity index (χ0v) is 19.6. The maximum atomic E-state index is 13.4. The summed E-state index contributed by atoms with van der Waals surface area (Å²) in [6, 6.07) is 16.9. The van der Waals surface area contributed by atoms with Crippen LogP contribution in [0.3, 0.4) is 0 Å². The van der Waals surface area contributed by atoms with Crippen LogP contribution >= 0.6 is 11.3 Å². The highest BCUT2D eigenvalue weighted by molar-refractivity contribution is 7.16. The van der Waals surface area contributed by atoms with E-state index in [-0.39, 0.29) is 16.2 Å². The molecule has 4 aromatic rings. The van der Waals surface area contributed by atoms with E-state index in [1.165, 1.54) is 0 Å². The molecule has 1 aromatic heterocycles. The molecule has 0 aliphatic heterocycles. The number of thiazole rings is 1. The first-order valence-electron chi connectivity index (χ1n) is 10.4. The minimum absolute atomic E-state index is 0.0303. The Morgan fingerprint density at radius 3 is 2.34 bits per heavy atom. The fraction of sp³-hybridized carbons (Fsp3) is 0.269. The second kappa shape index (κ2) is 7.61. The number of amides is 1. The van der Waals surface area contributed by atoms with Crippen LogP contribution in [0.2, 0.25) is 0 Å². The summed E-state index contributed by atoms with van der Waals surface area (Å²) in [5, 5.41) is 4.57. The van der Waals surface area contributed by atoms with E-state index < -0.39 is 5.54 Å². The van der Waals surface area contributed by atoms with Crippen molar-refractivity contribution in [2.45, 2.75) is 45.6 Å². The van der Waals surface area contributed by atoms with Gasteiger partial charge in [0.05, 0.1) is 16.8 Å². The van der Waals surface area contributed by atoms with Gasteiger partial charge in [0.25, 0.3) is 0 Å². The van der Waals surface area contributed by atoms with Crippen LogP contribution in [0.4, 0.5) is 11.4 Å². The van der Waals surface area contributed by atoms with Crippen LogP contribution in [0, 0.1) is 6.57 Å². The quantitative estimate of drug-likeness (QED) is 0.371. The van der Waals surface area contributed by atoms with Gasteiger partial charge in [0.2, 0.25) is 5.91 Å². The summed E-state index contributed by atoms with van der Waals surface area (Å²) in [6.07, 6.45) is 0. The zero-order chi connectivity index (χ0) is 23.3. The molecule has 1 N–H and O–H groups in total. The average Bonchev–Trinajstić information content (AvgIpc) is 3.08. The maximum Gasteiger partial charge on any atom is 0.309 e. The molecule has 162 valence electrons. The van der Waals surface area contributed by atoms with E-state index in [4.69, 9.17) is 6.57 Å². The smallest absolute Gasteiger partial charge is 0.309 e. The summed E-state index contributed by atoms with van der Waals surface area (Å²) < 4.78 is 2.44. The lowest BCUT2D eigenvalue weighted by atomic mass is 9.87. The van der Waals surface area contributed by atoms with Crippen molar-refractivity contribution in [1.82, 2.24) is 4.57 Å². The van der Waals surface area contributed by atoms with Crippen molar-refractivity contribution >= 4 is 49.6 Å². The molecule has 0 bridgehead atoms. The molecule has 0 aliphatic rings. The van der Waals surface area contributed by atoms with Gasteiger partial charge < -0.3 is 5.32 Å². The van der Waals surface area contributed by atoms with Crippen molar-refractivity contribution in [3.05, 3.63) is 81.2 Å². The van der Waals surface area contributed by atoms with Gasteiger partial charge in [-0.2, -0.15) is 0 Å². The third-order valence-corrected chi connectivity index (χ3v) is 6.74. The zero-order valence-electron chi connectivity index (χ0n) is 18.8. The van der Waals surface area contributed by atoms with Crippen molar-refractivity contribution in [2.24, 2.45) is 0 Å². The monoisotopic (exact) mass is 443 g/mol. The number of fused-ring (bicyclic) bond motifs is 2. The van der Waals surface area contributed by atoms with E-state index >= 15 is 0 Å². The summed E-state index contributed by atoms with van der Waals surface area (Å²) in [5.74, 6) is -0.292. The number of aromatic nitrogens is 1. The lowest BCUT2D eigenvalue weighted by Crippen LogP contribution is -2.44. The van der Waals surface area contributed by atoms with Crippen LogP contribution in [0.15, 0.2) is 59.4 Å². The molecule has 0 atom stereocenters. The number of nitrogens with zero attached hydrogens (tertiary/aromatic N) is 2. The highest BCUT2D eigenvalue weighted by Crippen LogP contribution is 2.34. The third-order valence-electron chi connectivity index (χ3n) is 5.83. The molecule has 32 heavy (non-hydrogen) atoms. The summed E-state index contributed by atoms with van der Waals surface area (Å²) in [5.41, 5.74) is 1.91. The van der Waals surface area contributed by atoms with Gasteiger partial charge in [0, 0.05) is 5.69 Å². The first-order valence-corrected chi connectivity index (χ1v) is 11.2. The topological polar surface area (TPSA) is 55.5 Å². The minimum Gasteiger partial charge on any atom is -0.324 e. The average molecular weight is 444 g/mol. The van der Waals surface area contributed by atoms with Gasteiger partial charge in [-0.15, -0.1) is 0 Å². The Morgan fingerprint density at radius 2 is 1.69 bits per heavy atom. The van der Waals surface area contributed by atoms with E-state index in [2.05, 4.69) is 30.9 Å². The Hall–Kier alpha value is -3.43. The molecule has 0 saturated carbocycles. The van der Waals surface area contributed by atoms with Crippen LogP contribution < -0.4 is 10.2 Å². The van der Waals surface area contributed by atoms with Crippen molar-refractivity contribution in [1.29, 1.82) is 0 Å². The number of hydrogen-bond donors (Lipinski definition) is 1. The molecular weight excluding hydrogens is 418 g/mol. The van der Waals surface area contributed by atoms with E-state index in [1.54, 1.807) is 30.5 Å². The van der Waals surface area contributed by atoms with E-state index in [0.717, 1.165) is 37.9 Å². The standard InChI is InChI=1S/C26H25N3O2S/c1-25(2,3)16-11-14-21-22(15-16)32-24(31)29(21)26(4,5)23(30)28-20-13-12-19(27-6)17-9-7-8-10-18(17)20/h7-15H,1-5H3,(H,28,30). The predicted molar refractivity (Wildman–Crippen MR) is 133 cm³/mol. The molecule has 4 rings (SSSR count). The first kappa shape index (κ1) is 21.8. The predicted octanol–water partition coefficient (Wildman–Crippen LogP) is 6.44. The molecule has 0 fully saturated rings. The van der Waals surface area contributed by atoms with Gasteiger partial charge in [0.1, 0.15) is 5.54 Å². The largest absolute Gasteiger partial charge is 0.324 e. The molecule has 6 heteroatoms. The summed E-state index contributed by atoms with van der Waals surface area (Å²) in [6.45, 7) is 17.3. The van der Waals surface area contributed by atoms with Gasteiger partial charge in [0.15, 0.2) is 5.69 Å². The molecule has 1 heterocycles. The van der Waals surface area contributed by atoms with E-state index in [1.807, 2.05) is 42.5 Å². The lowest BCUT2D eigenvalue weighted by molar-refractivity contribution is -0.123. The second-order valence-corrected chi connectivity index (χ2v) is 10.4. The van der Waals surface area contributed by atoms with Gasteiger partial charge in [-0.25, -0.2) is 4.85 Å². The SMILES string of the molecule is [C-]#[N+]c1ccc(NC(=O)C(C)(C)n2c(=O)sc3cc(C(C)(C)C)ccc32)c2ccccc12. The van der Waals surface area contributed by atoms with Crippen LogP contribution in [0.1, 0.15) is 40.2 Å². The normalized spacial score (nSPS) is 12.1. The molecule has 5 nitrogen and oxygen atoms in total. The Balaban J connectivity index is 1.76. The van der Waals surface area contributed by atoms with Crippen LogP contribution in [0.25, 0.3) is 25.8 Å². The number of nitrogens with one attached hydrogen (secondary N) is 1. The van der Waals surface area contributed by atoms with Gasteiger partial charge in [-0.1, -0.05) is 68.5 Å². The molecule has 1 amide bonds. The Labute approximate surface area is 191 Å². The maximum absolute atomic E-state index is 13.4. The summed E-state index contributed by atoms with van der Waals surface area (Å²) >= 11 is 1.16. The highest BCUT2D eigenvalue weighted by atomic mass is 32.1. The fourth-order valence-corrected chi connectivity index (χ4v) is 4.94.